The van der Waals surface area contributed by atoms with Crippen LogP contribution in [0.25, 0.3) is 0 Å². The Morgan fingerprint density at radius 2 is 1.88 bits per heavy atom. The minimum absolute atomic E-state index is 0.345. The first-order valence-corrected chi connectivity index (χ1v) is 5.32. The van der Waals surface area contributed by atoms with E-state index >= 15 is 0 Å². The molecule has 17 heavy (non-hydrogen) atoms. The lowest BCUT2D eigenvalue weighted by Crippen LogP contribution is -2.33. The fourth-order valence-electron chi connectivity index (χ4n) is 1.93. The van der Waals surface area contributed by atoms with Gasteiger partial charge < -0.3 is 0 Å². The third-order valence-electron chi connectivity index (χ3n) is 2.88. The Bertz CT molecular complexity index is 522. The molecule has 0 spiro atoms. The van der Waals surface area contributed by atoms with Crippen molar-refractivity contribution in [2.75, 3.05) is 0 Å². The number of hydrogen-bond donors (Lipinski definition) is 0. The summed E-state index contributed by atoms with van der Waals surface area (Å²) in [5.41, 5.74) is 0.732. The number of halogens is 1. The van der Waals surface area contributed by atoms with Crippen molar-refractivity contribution in [1.82, 2.24) is 4.90 Å². The predicted octanol–water partition coefficient (Wildman–Crippen LogP) is 2.20. The van der Waals surface area contributed by atoms with Crippen LogP contribution in [0.4, 0.5) is 4.39 Å². The maximum atomic E-state index is 13.6. The molecule has 2 rings (SSSR count). The minimum atomic E-state index is -0.593. The summed E-state index contributed by atoms with van der Waals surface area (Å²) >= 11 is 0. The minimum Gasteiger partial charge on any atom is -0.269 e. The molecule has 1 aliphatic heterocycles. The van der Waals surface area contributed by atoms with Gasteiger partial charge in [-0.15, -0.1) is 0 Å². The second kappa shape index (κ2) is 4.13. The van der Waals surface area contributed by atoms with Gasteiger partial charge in [-0.05, 0) is 19.9 Å². The second-order valence-electron chi connectivity index (χ2n) is 4.04. The van der Waals surface area contributed by atoms with Gasteiger partial charge in [-0.3, -0.25) is 14.5 Å². The van der Waals surface area contributed by atoms with E-state index in [0.717, 1.165) is 4.90 Å². The highest BCUT2D eigenvalue weighted by atomic mass is 19.1. The molecule has 1 aromatic rings. The Hall–Kier alpha value is -1.97. The maximum Gasteiger partial charge on any atom is 0.257 e. The molecule has 0 radical (unpaired) electrons. The van der Waals surface area contributed by atoms with Crippen LogP contribution < -0.4 is 0 Å². The van der Waals surface area contributed by atoms with Gasteiger partial charge in [-0.2, -0.15) is 0 Å². The number of nitrogens with zero attached hydrogens (tertiary/aromatic N) is 1. The third-order valence-corrected chi connectivity index (χ3v) is 2.88. The van der Waals surface area contributed by atoms with Crippen LogP contribution in [0, 0.1) is 5.82 Å². The topological polar surface area (TPSA) is 37.4 Å². The molecule has 3 nitrogen and oxygen atoms in total. The summed E-state index contributed by atoms with van der Waals surface area (Å²) in [6, 6.07) is 5.55. The van der Waals surface area contributed by atoms with Crippen LogP contribution in [0.1, 0.15) is 25.5 Å². The number of benzene rings is 1. The van der Waals surface area contributed by atoms with Crippen LogP contribution in [0.2, 0.25) is 0 Å². The summed E-state index contributed by atoms with van der Waals surface area (Å²) in [4.78, 5) is 24.5. The number of hydrogen-bond acceptors (Lipinski definition) is 2. The molecule has 0 bridgehead atoms. The number of carbonyl (C=O) groups excluding carboxylic acids is 2. The first-order chi connectivity index (χ1) is 8.02. The second-order valence-corrected chi connectivity index (χ2v) is 4.04. The maximum absolute atomic E-state index is 13.6. The lowest BCUT2D eigenvalue weighted by Gasteiger charge is -2.23. The first kappa shape index (κ1) is 11.5. The van der Waals surface area contributed by atoms with Crippen LogP contribution in [0.5, 0.6) is 0 Å². The molecule has 0 fully saturated rings. The van der Waals surface area contributed by atoms with Crippen molar-refractivity contribution in [3.05, 3.63) is 47.3 Å². The van der Waals surface area contributed by atoms with E-state index in [2.05, 4.69) is 0 Å². The third kappa shape index (κ3) is 1.86. The molecule has 0 aliphatic carbocycles. The van der Waals surface area contributed by atoms with E-state index in [0.29, 0.717) is 11.1 Å². The number of carbonyl (C=O) groups is 2. The van der Waals surface area contributed by atoms with Gasteiger partial charge in [0, 0.05) is 17.2 Å². The lowest BCUT2D eigenvalue weighted by molar-refractivity contribution is -0.139. The summed E-state index contributed by atoms with van der Waals surface area (Å²) in [6.45, 7) is 3.22. The Labute approximate surface area is 98.5 Å². The van der Waals surface area contributed by atoms with E-state index in [1.165, 1.54) is 12.1 Å². The zero-order valence-corrected chi connectivity index (χ0v) is 9.61. The van der Waals surface area contributed by atoms with E-state index in [4.69, 9.17) is 0 Å². The summed E-state index contributed by atoms with van der Waals surface area (Å²) in [7, 11) is 0. The van der Waals surface area contributed by atoms with E-state index < -0.39 is 11.9 Å². The van der Waals surface area contributed by atoms with Crippen LogP contribution >= 0.6 is 0 Å². The largest absolute Gasteiger partial charge is 0.269 e. The molecular formula is C13H12FNO2. The fourth-order valence-corrected chi connectivity index (χ4v) is 1.93. The number of imide groups is 1. The Morgan fingerprint density at radius 1 is 1.24 bits per heavy atom. The zero-order chi connectivity index (χ0) is 12.6. The number of amides is 2. The molecule has 0 aromatic heterocycles. The van der Waals surface area contributed by atoms with Crippen LogP contribution in [0.15, 0.2) is 35.9 Å². The van der Waals surface area contributed by atoms with Crippen molar-refractivity contribution < 1.29 is 14.0 Å². The van der Waals surface area contributed by atoms with Crippen LogP contribution in [-0.4, -0.2) is 16.7 Å². The lowest BCUT2D eigenvalue weighted by atomic mass is 10.1. The molecule has 0 saturated carbocycles. The summed E-state index contributed by atoms with van der Waals surface area (Å²) < 4.78 is 13.6. The number of rotatable bonds is 2. The normalized spacial score (nSPS) is 17.4. The highest BCUT2D eigenvalue weighted by Gasteiger charge is 2.33. The molecule has 1 heterocycles. The molecule has 1 atom stereocenters. The van der Waals surface area contributed by atoms with Gasteiger partial charge in [0.25, 0.3) is 11.8 Å². The van der Waals surface area contributed by atoms with Crippen molar-refractivity contribution in [1.29, 1.82) is 0 Å². The van der Waals surface area contributed by atoms with Crippen molar-refractivity contribution in [2.24, 2.45) is 0 Å². The fraction of sp³-hybridized carbons (Fsp3) is 0.231. The Kier molecular flexibility index (Phi) is 2.79. The average molecular weight is 233 g/mol. The first-order valence-electron chi connectivity index (χ1n) is 5.32. The molecule has 4 heteroatoms. The molecule has 88 valence electrons. The van der Waals surface area contributed by atoms with Gasteiger partial charge in [0.1, 0.15) is 5.82 Å². The predicted molar refractivity (Wildman–Crippen MR) is 60.4 cm³/mol. The van der Waals surface area contributed by atoms with Gasteiger partial charge >= 0.3 is 0 Å². The van der Waals surface area contributed by atoms with E-state index in [1.807, 2.05) is 0 Å². The molecular weight excluding hydrogens is 221 g/mol. The molecule has 1 aromatic carbocycles. The SMILES string of the molecule is CC1=CC(=O)N(C(C)c2ccccc2F)C1=O. The molecule has 1 unspecified atom stereocenters. The van der Waals surface area contributed by atoms with E-state index in [9.17, 15) is 14.0 Å². The molecule has 0 N–H and O–H groups in total. The average Bonchev–Trinajstić information content (AvgIpc) is 2.53. The summed E-state index contributed by atoms with van der Waals surface area (Å²) in [5, 5.41) is 0. The van der Waals surface area contributed by atoms with Gasteiger partial charge in [0.15, 0.2) is 0 Å². The summed E-state index contributed by atoms with van der Waals surface area (Å²) in [6.07, 6.45) is 1.28. The van der Waals surface area contributed by atoms with Gasteiger partial charge in [-0.25, -0.2) is 4.39 Å². The molecule has 1 aliphatic rings. The van der Waals surface area contributed by atoms with Crippen LogP contribution in [0.3, 0.4) is 0 Å². The van der Waals surface area contributed by atoms with Crippen molar-refractivity contribution in [3.8, 4) is 0 Å². The van der Waals surface area contributed by atoms with E-state index in [1.54, 1.807) is 32.0 Å². The standard InChI is InChI=1S/C13H12FNO2/c1-8-7-12(16)15(13(8)17)9(2)10-5-3-4-6-11(10)14/h3-7,9H,1-2H3. The Balaban J connectivity index is 2.34. The van der Waals surface area contributed by atoms with Crippen LogP contribution in [-0.2, 0) is 9.59 Å². The van der Waals surface area contributed by atoms with Crippen molar-refractivity contribution >= 4 is 11.8 Å². The zero-order valence-electron chi connectivity index (χ0n) is 9.61. The highest BCUT2D eigenvalue weighted by Crippen LogP contribution is 2.27. The van der Waals surface area contributed by atoms with Gasteiger partial charge in [0.05, 0.1) is 6.04 Å². The van der Waals surface area contributed by atoms with Gasteiger partial charge in [0.2, 0.25) is 0 Å². The molecule has 0 saturated heterocycles. The van der Waals surface area contributed by atoms with Crippen molar-refractivity contribution in [2.45, 2.75) is 19.9 Å². The summed E-state index contributed by atoms with van der Waals surface area (Å²) in [5.74, 6) is -1.15. The monoisotopic (exact) mass is 233 g/mol. The highest BCUT2D eigenvalue weighted by molar-refractivity contribution is 6.16. The van der Waals surface area contributed by atoms with Gasteiger partial charge in [-0.1, -0.05) is 18.2 Å². The molecule has 2 amide bonds. The van der Waals surface area contributed by atoms with Crippen molar-refractivity contribution in [3.63, 3.8) is 0 Å². The smallest absolute Gasteiger partial charge is 0.257 e. The quantitative estimate of drug-likeness (QED) is 0.734. The Morgan fingerprint density at radius 3 is 2.41 bits per heavy atom. The van der Waals surface area contributed by atoms with E-state index in [-0.39, 0.29) is 11.8 Å².